The minimum atomic E-state index is -0.0803. The van der Waals surface area contributed by atoms with Crippen LogP contribution in [0, 0.1) is 6.92 Å². The van der Waals surface area contributed by atoms with Crippen LogP contribution in [0.1, 0.15) is 40.2 Å². The lowest BCUT2D eigenvalue weighted by Crippen LogP contribution is -2.25. The molecule has 1 amide bonds. The summed E-state index contributed by atoms with van der Waals surface area (Å²) in [6.07, 6.45) is 4.56. The number of carbonyl (C=O) groups excluding carboxylic acids is 1. The van der Waals surface area contributed by atoms with Crippen LogP contribution in [-0.2, 0) is 19.5 Å². The van der Waals surface area contributed by atoms with Gasteiger partial charge in [0.15, 0.2) is 0 Å². The van der Waals surface area contributed by atoms with Crippen molar-refractivity contribution in [2.75, 3.05) is 6.61 Å². The third-order valence-electron chi connectivity index (χ3n) is 5.90. The smallest absolute Gasteiger partial charge is 0.251 e. The minimum Gasteiger partial charge on any atom is -0.493 e. The molecule has 1 N–H and O–H groups in total. The van der Waals surface area contributed by atoms with Gasteiger partial charge in [0, 0.05) is 12.1 Å². The molecular formula is C29H31N3O2. The number of unbranched alkanes of at least 4 members (excludes halogenated alkanes) is 1. The summed E-state index contributed by atoms with van der Waals surface area (Å²) in [5.41, 5.74) is 4.84. The molecule has 0 saturated carbocycles. The summed E-state index contributed by atoms with van der Waals surface area (Å²) in [4.78, 5) is 17.5. The monoisotopic (exact) mass is 453 g/mol. The number of para-hydroxylation sites is 3. The number of fused-ring (bicyclic) bond motifs is 1. The van der Waals surface area contributed by atoms with E-state index in [1.54, 1.807) is 0 Å². The molecule has 1 aromatic heterocycles. The number of aryl methyl sites for hydroxylation is 2. The van der Waals surface area contributed by atoms with Crippen LogP contribution in [0.5, 0.6) is 5.75 Å². The zero-order valence-corrected chi connectivity index (χ0v) is 19.7. The van der Waals surface area contributed by atoms with Gasteiger partial charge in [0.2, 0.25) is 0 Å². The van der Waals surface area contributed by atoms with Gasteiger partial charge in [0.1, 0.15) is 11.6 Å². The van der Waals surface area contributed by atoms with Gasteiger partial charge in [-0.3, -0.25) is 4.79 Å². The number of hydrogen-bond donors (Lipinski definition) is 1. The standard InChI is InChI=1S/C29H31N3O2/c1-3-12-23-14-5-9-18-27(23)34-20-11-10-19-32-26-17-8-7-16-25(26)31-28(32)21-30-29(33)24-15-6-4-13-22(24)2/h3-9,13-18H,1,10-12,19-21H2,2H3,(H,30,33). The molecule has 0 radical (unpaired) electrons. The maximum absolute atomic E-state index is 12.7. The van der Waals surface area contributed by atoms with Crippen molar-refractivity contribution in [1.29, 1.82) is 0 Å². The van der Waals surface area contributed by atoms with Gasteiger partial charge in [-0.05, 0) is 61.6 Å². The topological polar surface area (TPSA) is 56.1 Å². The third-order valence-corrected chi connectivity index (χ3v) is 5.90. The number of imidazole rings is 1. The van der Waals surface area contributed by atoms with E-state index in [2.05, 4.69) is 28.6 Å². The Bertz CT molecular complexity index is 1280. The van der Waals surface area contributed by atoms with Gasteiger partial charge >= 0.3 is 0 Å². The third kappa shape index (κ3) is 5.54. The zero-order chi connectivity index (χ0) is 23.8. The summed E-state index contributed by atoms with van der Waals surface area (Å²) in [6.45, 7) is 7.62. The fraction of sp³-hybridized carbons (Fsp3) is 0.241. The zero-order valence-electron chi connectivity index (χ0n) is 19.7. The van der Waals surface area contributed by atoms with Gasteiger partial charge in [0.25, 0.3) is 5.91 Å². The maximum Gasteiger partial charge on any atom is 0.251 e. The Balaban J connectivity index is 1.38. The Hall–Kier alpha value is -3.86. The number of amides is 1. The van der Waals surface area contributed by atoms with Crippen LogP contribution in [0.4, 0.5) is 0 Å². The van der Waals surface area contributed by atoms with Crippen LogP contribution in [0.15, 0.2) is 85.5 Å². The van der Waals surface area contributed by atoms with E-state index in [-0.39, 0.29) is 5.91 Å². The first-order chi connectivity index (χ1) is 16.7. The lowest BCUT2D eigenvalue weighted by Gasteiger charge is -2.12. The molecule has 0 aliphatic rings. The SMILES string of the molecule is C=CCc1ccccc1OCCCCn1c(CNC(=O)c2ccccc2C)nc2ccccc21. The first kappa shape index (κ1) is 23.3. The van der Waals surface area contributed by atoms with Crippen LogP contribution in [0.3, 0.4) is 0 Å². The van der Waals surface area contributed by atoms with Crippen LogP contribution < -0.4 is 10.1 Å². The van der Waals surface area contributed by atoms with Gasteiger partial charge in [-0.25, -0.2) is 4.98 Å². The largest absolute Gasteiger partial charge is 0.493 e. The number of nitrogens with zero attached hydrogens (tertiary/aromatic N) is 2. The number of ether oxygens (including phenoxy) is 1. The number of benzene rings is 3. The quantitative estimate of drug-likeness (QED) is 0.228. The van der Waals surface area contributed by atoms with Crippen molar-refractivity contribution < 1.29 is 9.53 Å². The number of allylic oxidation sites excluding steroid dienone is 1. The van der Waals surface area contributed by atoms with Gasteiger partial charge in [0.05, 0.1) is 24.2 Å². The summed E-state index contributed by atoms with van der Waals surface area (Å²) >= 11 is 0. The lowest BCUT2D eigenvalue weighted by molar-refractivity contribution is 0.0949. The van der Waals surface area contributed by atoms with Crippen molar-refractivity contribution in [1.82, 2.24) is 14.9 Å². The highest BCUT2D eigenvalue weighted by Crippen LogP contribution is 2.20. The molecule has 3 aromatic carbocycles. The molecule has 4 aromatic rings. The lowest BCUT2D eigenvalue weighted by atomic mass is 10.1. The number of carbonyl (C=O) groups is 1. The Morgan fingerprint density at radius 2 is 1.79 bits per heavy atom. The number of rotatable bonds is 11. The Morgan fingerprint density at radius 1 is 1.03 bits per heavy atom. The normalized spacial score (nSPS) is 10.9. The highest BCUT2D eigenvalue weighted by atomic mass is 16.5. The molecule has 0 atom stereocenters. The van der Waals surface area contributed by atoms with E-state index in [4.69, 9.17) is 9.72 Å². The van der Waals surface area contributed by atoms with Crippen molar-refractivity contribution in [3.8, 4) is 5.75 Å². The molecule has 4 rings (SSSR count). The second-order valence-electron chi connectivity index (χ2n) is 8.32. The number of nitrogens with one attached hydrogen (secondary N) is 1. The molecule has 174 valence electrons. The van der Waals surface area contributed by atoms with Crippen LogP contribution in [-0.4, -0.2) is 22.1 Å². The highest BCUT2D eigenvalue weighted by Gasteiger charge is 2.13. The summed E-state index contributed by atoms with van der Waals surface area (Å²) in [5.74, 6) is 1.71. The minimum absolute atomic E-state index is 0.0803. The summed E-state index contributed by atoms with van der Waals surface area (Å²) in [6, 6.07) is 23.8. The molecule has 0 aliphatic heterocycles. The Kier molecular flexibility index (Phi) is 7.76. The maximum atomic E-state index is 12.7. The second-order valence-corrected chi connectivity index (χ2v) is 8.32. The van der Waals surface area contributed by atoms with E-state index < -0.39 is 0 Å². The van der Waals surface area contributed by atoms with Gasteiger partial charge in [-0.1, -0.05) is 54.6 Å². The molecule has 34 heavy (non-hydrogen) atoms. The first-order valence-corrected chi connectivity index (χ1v) is 11.8. The highest BCUT2D eigenvalue weighted by molar-refractivity contribution is 5.95. The number of aromatic nitrogens is 2. The number of hydrogen-bond acceptors (Lipinski definition) is 3. The molecule has 0 spiro atoms. The predicted molar refractivity (Wildman–Crippen MR) is 137 cm³/mol. The predicted octanol–water partition coefficient (Wildman–Crippen LogP) is 5.86. The van der Waals surface area contributed by atoms with E-state index in [0.29, 0.717) is 18.7 Å². The molecule has 0 saturated heterocycles. The molecular weight excluding hydrogens is 422 g/mol. The van der Waals surface area contributed by atoms with Crippen molar-refractivity contribution in [3.63, 3.8) is 0 Å². The molecule has 0 bridgehead atoms. The molecule has 5 heteroatoms. The van der Waals surface area contributed by atoms with Crippen LogP contribution >= 0.6 is 0 Å². The fourth-order valence-corrected chi connectivity index (χ4v) is 4.11. The molecule has 0 fully saturated rings. The van der Waals surface area contributed by atoms with Crippen molar-refractivity contribution in [3.05, 3.63) is 108 Å². The average molecular weight is 454 g/mol. The van der Waals surface area contributed by atoms with E-state index in [0.717, 1.165) is 59.5 Å². The van der Waals surface area contributed by atoms with Gasteiger partial charge in [-0.2, -0.15) is 0 Å². The summed E-state index contributed by atoms with van der Waals surface area (Å²) in [5, 5.41) is 3.04. The van der Waals surface area contributed by atoms with E-state index in [1.165, 1.54) is 0 Å². The van der Waals surface area contributed by atoms with Crippen LogP contribution in [0.2, 0.25) is 0 Å². The Morgan fingerprint density at radius 3 is 2.65 bits per heavy atom. The van der Waals surface area contributed by atoms with E-state index in [9.17, 15) is 4.79 Å². The van der Waals surface area contributed by atoms with E-state index >= 15 is 0 Å². The fourth-order valence-electron chi connectivity index (χ4n) is 4.11. The van der Waals surface area contributed by atoms with Gasteiger partial charge < -0.3 is 14.6 Å². The Labute approximate surface area is 201 Å². The van der Waals surface area contributed by atoms with Crippen molar-refractivity contribution in [2.45, 2.75) is 39.3 Å². The molecule has 5 nitrogen and oxygen atoms in total. The average Bonchev–Trinajstić information content (AvgIpc) is 3.21. The van der Waals surface area contributed by atoms with Crippen molar-refractivity contribution in [2.24, 2.45) is 0 Å². The van der Waals surface area contributed by atoms with Gasteiger partial charge in [-0.15, -0.1) is 6.58 Å². The summed E-state index contributed by atoms with van der Waals surface area (Å²) < 4.78 is 8.24. The van der Waals surface area contributed by atoms with Crippen LogP contribution in [0.25, 0.3) is 11.0 Å². The molecule has 0 aliphatic carbocycles. The first-order valence-electron chi connectivity index (χ1n) is 11.8. The second kappa shape index (κ2) is 11.3. The summed E-state index contributed by atoms with van der Waals surface area (Å²) in [7, 11) is 0. The molecule has 1 heterocycles. The molecule has 0 unspecified atom stereocenters. The van der Waals surface area contributed by atoms with E-state index in [1.807, 2.05) is 73.7 Å². The van der Waals surface area contributed by atoms with Crippen molar-refractivity contribution >= 4 is 16.9 Å².